The van der Waals surface area contributed by atoms with Gasteiger partial charge >= 0.3 is 0 Å². The van der Waals surface area contributed by atoms with Crippen molar-refractivity contribution in [1.29, 1.82) is 0 Å². The van der Waals surface area contributed by atoms with Gasteiger partial charge in [-0.1, -0.05) is 34.7 Å². The summed E-state index contributed by atoms with van der Waals surface area (Å²) in [4.78, 5) is 18.9. The molecule has 0 aliphatic carbocycles. The van der Waals surface area contributed by atoms with Crippen molar-refractivity contribution in [3.8, 4) is 11.5 Å². The lowest BCUT2D eigenvalue weighted by molar-refractivity contribution is -0.385. The minimum Gasteiger partial charge on any atom is -0.505 e. The molecule has 29 heavy (non-hydrogen) atoms. The zero-order valence-corrected chi connectivity index (χ0v) is 16.6. The predicted octanol–water partition coefficient (Wildman–Crippen LogP) is 5.31. The Morgan fingerprint density at radius 3 is 1.86 bits per heavy atom. The molecule has 0 radical (unpaired) electrons. The number of allylic oxidation sites excluding steroid dienone is 1. The first-order valence-electron chi connectivity index (χ1n) is 7.65. The van der Waals surface area contributed by atoms with Crippen LogP contribution in [0.2, 0.25) is 0 Å². The number of nitro benzene ring substituents is 2. The van der Waals surface area contributed by atoms with Gasteiger partial charge in [0.1, 0.15) is 6.61 Å². The molecule has 0 fully saturated rings. The highest BCUT2D eigenvalue weighted by Gasteiger charge is 2.11. The average molecular weight is 475 g/mol. The van der Waals surface area contributed by atoms with Crippen molar-refractivity contribution in [2.45, 2.75) is 0 Å². The van der Waals surface area contributed by atoms with E-state index in [1.807, 2.05) is 0 Å². The third-order valence-corrected chi connectivity index (χ3v) is 3.19. The molecule has 2 aromatic carbocycles. The second-order valence-electron chi connectivity index (χ2n) is 4.81. The standard InChI is InChI=1S/C9H8FNO3.C6H4FNO3.C3H5Br/c1-2-5-14-9-4-3-7(11(12)13)6-8(9)10;7-5-3-4(8(10)11)1-2-6(5)9;1-2-3-4/h2-4,6H,1,5H2;1-3,9H;2H,1,3H2. The molecule has 0 aliphatic heterocycles. The number of rotatable bonds is 6. The van der Waals surface area contributed by atoms with Crippen molar-refractivity contribution in [2.24, 2.45) is 0 Å². The van der Waals surface area contributed by atoms with Crippen LogP contribution in [0.3, 0.4) is 0 Å². The SMILES string of the molecule is C=CCBr.C=CCOc1ccc([N+](=O)[O-])cc1F.O=[N+]([O-])c1ccc(O)c(F)c1. The topological polar surface area (TPSA) is 116 Å². The molecule has 0 heterocycles. The molecule has 2 rings (SSSR count). The minimum atomic E-state index is -0.987. The lowest BCUT2D eigenvalue weighted by Crippen LogP contribution is -1.96. The Hall–Kier alpha value is -3.34. The summed E-state index contributed by atoms with van der Waals surface area (Å²) in [6.07, 6.45) is 3.25. The largest absolute Gasteiger partial charge is 0.505 e. The van der Waals surface area contributed by atoms with Gasteiger partial charge in [-0.25, -0.2) is 8.78 Å². The number of benzene rings is 2. The van der Waals surface area contributed by atoms with Gasteiger partial charge in [0.2, 0.25) is 0 Å². The summed E-state index contributed by atoms with van der Waals surface area (Å²) in [7, 11) is 0. The summed E-state index contributed by atoms with van der Waals surface area (Å²) >= 11 is 3.13. The summed E-state index contributed by atoms with van der Waals surface area (Å²) < 4.78 is 30.4. The maximum atomic E-state index is 13.1. The average Bonchev–Trinajstić information content (AvgIpc) is 2.69. The highest BCUT2D eigenvalue weighted by Crippen LogP contribution is 2.22. The number of hydrogen-bond acceptors (Lipinski definition) is 6. The molecule has 0 saturated carbocycles. The monoisotopic (exact) mass is 474 g/mol. The number of phenols is 1. The Morgan fingerprint density at radius 2 is 1.48 bits per heavy atom. The lowest BCUT2D eigenvalue weighted by atomic mass is 10.3. The molecular formula is C18H17BrF2N2O6. The summed E-state index contributed by atoms with van der Waals surface area (Å²) in [5.74, 6) is -2.34. The Morgan fingerprint density at radius 1 is 1.00 bits per heavy atom. The predicted molar refractivity (Wildman–Crippen MR) is 107 cm³/mol. The van der Waals surface area contributed by atoms with Crippen molar-refractivity contribution in [3.05, 3.63) is 93.6 Å². The van der Waals surface area contributed by atoms with Gasteiger partial charge in [-0.15, -0.1) is 6.58 Å². The van der Waals surface area contributed by atoms with Crippen LogP contribution < -0.4 is 4.74 Å². The third-order valence-electron chi connectivity index (χ3n) is 2.73. The van der Waals surface area contributed by atoms with E-state index >= 15 is 0 Å². The normalized spacial score (nSPS) is 9.07. The van der Waals surface area contributed by atoms with Crippen LogP contribution in [0.5, 0.6) is 11.5 Å². The van der Waals surface area contributed by atoms with Gasteiger partial charge in [0.15, 0.2) is 23.1 Å². The van der Waals surface area contributed by atoms with E-state index in [4.69, 9.17) is 9.84 Å². The Labute approximate surface area is 173 Å². The third kappa shape index (κ3) is 9.96. The van der Waals surface area contributed by atoms with Crippen LogP contribution in [0.25, 0.3) is 0 Å². The molecule has 156 valence electrons. The molecule has 0 spiro atoms. The van der Waals surface area contributed by atoms with E-state index in [9.17, 15) is 29.0 Å². The highest BCUT2D eigenvalue weighted by molar-refractivity contribution is 9.09. The molecule has 2 aromatic rings. The Kier molecular flexibility index (Phi) is 12.2. The summed E-state index contributed by atoms with van der Waals surface area (Å²) in [6.45, 7) is 6.99. The van der Waals surface area contributed by atoms with E-state index in [0.717, 1.165) is 23.5 Å². The van der Waals surface area contributed by atoms with Crippen molar-refractivity contribution in [1.82, 2.24) is 0 Å². The number of non-ortho nitro benzene ring substituents is 2. The van der Waals surface area contributed by atoms with E-state index in [0.29, 0.717) is 6.07 Å². The number of ether oxygens (including phenoxy) is 1. The van der Waals surface area contributed by atoms with Gasteiger partial charge in [-0.2, -0.15) is 0 Å². The zero-order chi connectivity index (χ0) is 22.4. The van der Waals surface area contributed by atoms with Crippen molar-refractivity contribution < 1.29 is 28.5 Å². The second kappa shape index (κ2) is 13.8. The first kappa shape index (κ1) is 25.7. The van der Waals surface area contributed by atoms with Gasteiger partial charge in [0.05, 0.1) is 22.0 Å². The lowest BCUT2D eigenvalue weighted by Gasteiger charge is -2.03. The number of aromatic hydroxyl groups is 1. The van der Waals surface area contributed by atoms with Gasteiger partial charge in [0, 0.05) is 17.5 Å². The van der Waals surface area contributed by atoms with Crippen LogP contribution in [-0.4, -0.2) is 26.9 Å². The number of halogens is 3. The van der Waals surface area contributed by atoms with Gasteiger partial charge in [0.25, 0.3) is 11.4 Å². The van der Waals surface area contributed by atoms with Crippen molar-refractivity contribution in [3.63, 3.8) is 0 Å². The van der Waals surface area contributed by atoms with E-state index in [1.165, 1.54) is 18.2 Å². The number of alkyl halides is 1. The molecule has 0 aliphatic rings. The molecule has 0 saturated heterocycles. The van der Waals surface area contributed by atoms with Crippen LogP contribution in [-0.2, 0) is 0 Å². The zero-order valence-electron chi connectivity index (χ0n) is 15.0. The first-order chi connectivity index (χ1) is 13.7. The molecular weight excluding hydrogens is 458 g/mol. The molecule has 1 N–H and O–H groups in total. The molecule has 0 bridgehead atoms. The second-order valence-corrected chi connectivity index (χ2v) is 5.45. The van der Waals surface area contributed by atoms with Crippen LogP contribution in [0.15, 0.2) is 61.7 Å². The fourth-order valence-corrected chi connectivity index (χ4v) is 1.48. The Balaban J connectivity index is 0.000000466. The number of hydrogen-bond donors (Lipinski definition) is 1. The number of nitro groups is 2. The summed E-state index contributed by atoms with van der Waals surface area (Å²) in [5, 5.41) is 29.8. The van der Waals surface area contributed by atoms with E-state index in [1.54, 1.807) is 6.08 Å². The smallest absolute Gasteiger partial charge is 0.272 e. The molecule has 0 unspecified atom stereocenters. The van der Waals surface area contributed by atoms with Gasteiger partial charge < -0.3 is 9.84 Å². The van der Waals surface area contributed by atoms with Crippen molar-refractivity contribution in [2.75, 3.05) is 11.9 Å². The van der Waals surface area contributed by atoms with Gasteiger partial charge in [-0.05, 0) is 12.1 Å². The Bertz CT molecular complexity index is 864. The van der Waals surface area contributed by atoms with Crippen LogP contribution >= 0.6 is 15.9 Å². The number of nitrogens with zero attached hydrogens (tertiary/aromatic N) is 2. The molecule has 0 aromatic heterocycles. The maximum Gasteiger partial charge on any atom is 0.272 e. The first-order valence-corrected chi connectivity index (χ1v) is 8.77. The molecule has 8 nitrogen and oxygen atoms in total. The molecule has 0 amide bonds. The number of phenolic OH excluding ortho intramolecular Hbond substituents is 1. The highest BCUT2D eigenvalue weighted by atomic mass is 79.9. The fourth-order valence-electron chi connectivity index (χ4n) is 1.48. The minimum absolute atomic E-state index is 0.0181. The fraction of sp³-hybridized carbons (Fsp3) is 0.111. The summed E-state index contributed by atoms with van der Waals surface area (Å²) in [6, 6.07) is 5.85. The van der Waals surface area contributed by atoms with E-state index in [-0.39, 0.29) is 23.7 Å². The van der Waals surface area contributed by atoms with E-state index in [2.05, 4.69) is 29.1 Å². The van der Waals surface area contributed by atoms with Crippen molar-refractivity contribution >= 4 is 27.3 Å². The maximum absolute atomic E-state index is 13.1. The van der Waals surface area contributed by atoms with Crippen LogP contribution in [0, 0.1) is 31.9 Å². The summed E-state index contributed by atoms with van der Waals surface area (Å²) in [5.41, 5.74) is -0.672. The molecule has 11 heteroatoms. The van der Waals surface area contributed by atoms with Gasteiger partial charge in [-0.3, -0.25) is 20.2 Å². The van der Waals surface area contributed by atoms with Crippen LogP contribution in [0.4, 0.5) is 20.2 Å². The molecule has 0 atom stereocenters. The quantitative estimate of drug-likeness (QED) is 0.262. The van der Waals surface area contributed by atoms with E-state index < -0.39 is 27.2 Å². The van der Waals surface area contributed by atoms with Crippen LogP contribution in [0.1, 0.15) is 0 Å².